The number of hydrogen-bond donors (Lipinski definition) is 2. The van der Waals surface area contributed by atoms with E-state index in [1.54, 1.807) is 16.8 Å². The lowest BCUT2D eigenvalue weighted by atomic mass is 10.1. The van der Waals surface area contributed by atoms with Crippen molar-refractivity contribution in [3.63, 3.8) is 0 Å². The fourth-order valence-corrected chi connectivity index (χ4v) is 4.00. The van der Waals surface area contributed by atoms with Gasteiger partial charge in [0.2, 0.25) is 0 Å². The molecule has 1 aliphatic heterocycles. The van der Waals surface area contributed by atoms with Gasteiger partial charge in [-0.2, -0.15) is 0 Å². The van der Waals surface area contributed by atoms with Crippen LogP contribution in [0, 0.1) is 0 Å². The number of benzene rings is 1. The van der Waals surface area contributed by atoms with Gasteiger partial charge in [0, 0.05) is 38.4 Å². The normalized spacial score (nSPS) is 14.3. The second kappa shape index (κ2) is 10.1. The summed E-state index contributed by atoms with van der Waals surface area (Å²) in [6, 6.07) is 13.7. The number of hydrogen-bond acceptors (Lipinski definition) is 5. The van der Waals surface area contributed by atoms with E-state index in [2.05, 4.69) is 39.3 Å². The Hall–Kier alpha value is -3.68. The number of anilines is 1. The summed E-state index contributed by atoms with van der Waals surface area (Å²) in [7, 11) is 0. The summed E-state index contributed by atoms with van der Waals surface area (Å²) in [4.78, 5) is 36.2. The molecule has 0 spiro atoms. The van der Waals surface area contributed by atoms with Crippen LogP contribution in [0.15, 0.2) is 66.1 Å². The van der Waals surface area contributed by atoms with E-state index in [1.807, 2.05) is 35.2 Å². The molecule has 0 saturated carbocycles. The molecule has 1 aliphatic rings. The van der Waals surface area contributed by atoms with Crippen molar-refractivity contribution in [2.24, 2.45) is 0 Å². The third kappa shape index (κ3) is 4.96. The minimum absolute atomic E-state index is 0.0699. The van der Waals surface area contributed by atoms with Crippen LogP contribution in [-0.2, 0) is 13.0 Å². The second-order valence-electron chi connectivity index (χ2n) is 7.88. The fourth-order valence-electron chi connectivity index (χ4n) is 4.00. The Balaban J connectivity index is 1.34. The maximum atomic E-state index is 13.1. The van der Waals surface area contributed by atoms with Gasteiger partial charge in [-0.25, -0.2) is 14.8 Å². The Morgan fingerprint density at radius 3 is 2.69 bits per heavy atom. The fraction of sp³-hybridized carbons (Fsp3) is 0.333. The maximum Gasteiger partial charge on any atom is 0.315 e. The van der Waals surface area contributed by atoms with Crippen LogP contribution in [0.5, 0.6) is 0 Å². The predicted molar refractivity (Wildman–Crippen MR) is 126 cm³/mol. The molecule has 0 unspecified atom stereocenters. The van der Waals surface area contributed by atoms with Gasteiger partial charge in [-0.05, 0) is 37.0 Å². The summed E-state index contributed by atoms with van der Waals surface area (Å²) in [5, 5.41) is 5.98. The quantitative estimate of drug-likeness (QED) is 0.560. The van der Waals surface area contributed by atoms with E-state index in [1.165, 1.54) is 5.56 Å². The number of pyridine rings is 1. The third-order valence-electron chi connectivity index (χ3n) is 5.67. The third-order valence-corrected chi connectivity index (χ3v) is 5.67. The molecule has 2 N–H and O–H groups in total. The minimum atomic E-state index is -0.166. The number of amides is 2. The molecule has 4 rings (SSSR count). The molecule has 8 heteroatoms. The van der Waals surface area contributed by atoms with Crippen molar-refractivity contribution < 1.29 is 4.79 Å². The van der Waals surface area contributed by atoms with E-state index in [9.17, 15) is 9.59 Å². The van der Waals surface area contributed by atoms with Crippen LogP contribution in [0.1, 0.15) is 18.4 Å². The molecule has 2 aromatic heterocycles. The first-order valence-corrected chi connectivity index (χ1v) is 11.0. The summed E-state index contributed by atoms with van der Waals surface area (Å²) in [5.74, 6) is 0.429. The molecule has 3 aromatic rings. The zero-order chi connectivity index (χ0) is 22.3. The van der Waals surface area contributed by atoms with Gasteiger partial charge in [-0.15, -0.1) is 6.58 Å². The van der Waals surface area contributed by atoms with Crippen LogP contribution in [0.25, 0.3) is 11.2 Å². The highest BCUT2D eigenvalue weighted by molar-refractivity contribution is 5.74. The van der Waals surface area contributed by atoms with Crippen LogP contribution >= 0.6 is 0 Å². The number of piperidine rings is 1. The van der Waals surface area contributed by atoms with Crippen LogP contribution in [0.3, 0.4) is 0 Å². The molecular weight excluding hydrogens is 404 g/mol. The molecule has 0 atom stereocenters. The number of carbonyl (C=O) groups excluding carboxylic acids is 1. The highest BCUT2D eigenvalue weighted by Gasteiger charge is 2.24. The molecule has 1 saturated heterocycles. The summed E-state index contributed by atoms with van der Waals surface area (Å²) in [5.41, 5.74) is 2.27. The topological polar surface area (TPSA) is 92.2 Å². The van der Waals surface area contributed by atoms with Crippen molar-refractivity contribution in [1.29, 1.82) is 0 Å². The van der Waals surface area contributed by atoms with Crippen molar-refractivity contribution in [2.75, 3.05) is 24.5 Å². The second-order valence-corrected chi connectivity index (χ2v) is 7.88. The van der Waals surface area contributed by atoms with Gasteiger partial charge in [0.25, 0.3) is 5.56 Å². The average molecular weight is 433 g/mol. The Bertz CT molecular complexity index is 1140. The first-order valence-electron chi connectivity index (χ1n) is 11.0. The standard InChI is InChI=1S/C24H28N6O2/c1-2-15-30-21-20(9-6-13-25-21)28-22(23(30)31)29-16-11-19(12-17-29)27-24(32)26-14-10-18-7-4-3-5-8-18/h2-9,13,19H,1,10-12,14-17H2,(H2,26,27,32). The molecule has 0 radical (unpaired) electrons. The van der Waals surface area contributed by atoms with E-state index in [-0.39, 0.29) is 17.6 Å². The zero-order valence-corrected chi connectivity index (χ0v) is 18.0. The van der Waals surface area contributed by atoms with Gasteiger partial charge < -0.3 is 15.5 Å². The highest BCUT2D eigenvalue weighted by Crippen LogP contribution is 2.18. The Morgan fingerprint density at radius 2 is 1.94 bits per heavy atom. The Labute approximate surface area is 187 Å². The van der Waals surface area contributed by atoms with Gasteiger partial charge in [0.15, 0.2) is 11.5 Å². The first-order chi connectivity index (χ1) is 15.7. The summed E-state index contributed by atoms with van der Waals surface area (Å²) in [6.07, 6.45) is 5.64. The maximum absolute atomic E-state index is 13.1. The highest BCUT2D eigenvalue weighted by atomic mass is 16.2. The number of fused-ring (bicyclic) bond motifs is 1. The molecule has 166 valence electrons. The molecule has 32 heavy (non-hydrogen) atoms. The van der Waals surface area contributed by atoms with Gasteiger partial charge in [-0.1, -0.05) is 36.4 Å². The predicted octanol–water partition coefficient (Wildman–Crippen LogP) is 2.49. The number of urea groups is 1. The number of aromatic nitrogens is 3. The molecule has 0 bridgehead atoms. The van der Waals surface area contributed by atoms with Crippen LogP contribution in [-0.4, -0.2) is 46.2 Å². The van der Waals surface area contributed by atoms with Gasteiger partial charge in [0.1, 0.15) is 5.52 Å². The molecule has 0 aliphatic carbocycles. The van der Waals surface area contributed by atoms with Crippen LogP contribution in [0.4, 0.5) is 10.6 Å². The van der Waals surface area contributed by atoms with Crippen molar-refractivity contribution in [1.82, 2.24) is 25.2 Å². The van der Waals surface area contributed by atoms with Gasteiger partial charge in [-0.3, -0.25) is 9.36 Å². The summed E-state index contributed by atoms with van der Waals surface area (Å²) in [6.45, 7) is 6.02. The molecule has 8 nitrogen and oxygen atoms in total. The van der Waals surface area contributed by atoms with Crippen molar-refractivity contribution in [2.45, 2.75) is 31.8 Å². The van der Waals surface area contributed by atoms with E-state index in [0.717, 1.165) is 19.3 Å². The Kier molecular flexibility index (Phi) is 6.79. The SMILES string of the molecule is C=CCn1c(=O)c(N2CCC(NC(=O)NCCc3ccccc3)CC2)nc2cccnc21. The molecule has 1 fully saturated rings. The number of rotatable bonds is 7. The number of nitrogens with zero attached hydrogens (tertiary/aromatic N) is 4. The lowest BCUT2D eigenvalue weighted by Crippen LogP contribution is -2.49. The lowest BCUT2D eigenvalue weighted by Gasteiger charge is -2.33. The number of nitrogens with one attached hydrogen (secondary N) is 2. The average Bonchev–Trinajstić information content (AvgIpc) is 2.82. The number of carbonyl (C=O) groups is 1. The van der Waals surface area contributed by atoms with Crippen molar-refractivity contribution in [3.05, 3.63) is 77.2 Å². The number of allylic oxidation sites excluding steroid dienone is 1. The molecule has 1 aromatic carbocycles. The van der Waals surface area contributed by atoms with Gasteiger partial charge in [0.05, 0.1) is 0 Å². The van der Waals surface area contributed by atoms with E-state index in [0.29, 0.717) is 43.2 Å². The van der Waals surface area contributed by atoms with Crippen molar-refractivity contribution >= 4 is 23.0 Å². The van der Waals surface area contributed by atoms with E-state index >= 15 is 0 Å². The molecular formula is C24H28N6O2. The summed E-state index contributed by atoms with van der Waals surface area (Å²) < 4.78 is 1.61. The van der Waals surface area contributed by atoms with Crippen LogP contribution in [0.2, 0.25) is 0 Å². The smallest absolute Gasteiger partial charge is 0.315 e. The largest absolute Gasteiger partial charge is 0.352 e. The van der Waals surface area contributed by atoms with Gasteiger partial charge >= 0.3 is 6.03 Å². The zero-order valence-electron chi connectivity index (χ0n) is 18.0. The van der Waals surface area contributed by atoms with Crippen LogP contribution < -0.4 is 21.1 Å². The monoisotopic (exact) mass is 432 g/mol. The van der Waals surface area contributed by atoms with E-state index < -0.39 is 0 Å². The minimum Gasteiger partial charge on any atom is -0.352 e. The lowest BCUT2D eigenvalue weighted by molar-refractivity contribution is 0.234. The Morgan fingerprint density at radius 1 is 1.16 bits per heavy atom. The van der Waals surface area contributed by atoms with Crippen molar-refractivity contribution in [3.8, 4) is 0 Å². The first kappa shape index (κ1) is 21.5. The summed E-state index contributed by atoms with van der Waals surface area (Å²) >= 11 is 0. The van der Waals surface area contributed by atoms with E-state index in [4.69, 9.17) is 0 Å². The molecule has 3 heterocycles. The molecule has 2 amide bonds.